The number of carbonyl (C=O) groups excluding carboxylic acids is 1. The number of ether oxygens (including phenoxy) is 1. The van der Waals surface area contributed by atoms with E-state index in [0.717, 1.165) is 16.7 Å². The van der Waals surface area contributed by atoms with Crippen molar-refractivity contribution in [1.82, 2.24) is 4.72 Å². The molecule has 0 amide bonds. The third-order valence-electron chi connectivity index (χ3n) is 3.95. The lowest BCUT2D eigenvalue weighted by Gasteiger charge is -2.09. The molecular formula is C19H22ClNO4S. The Kier molecular flexibility index (Phi) is 7.20. The first-order valence-electron chi connectivity index (χ1n) is 8.25. The monoisotopic (exact) mass is 395 g/mol. The standard InChI is InChI=1S/C19H22ClNO4S/c1-14-5-10-18(12-15(14)2)26(23,24)21-11-3-4-19(22)25-13-16-6-8-17(20)9-7-16/h5-10,12,21H,3-4,11,13H2,1-2H3. The van der Waals surface area contributed by atoms with E-state index in [0.29, 0.717) is 11.4 Å². The van der Waals surface area contributed by atoms with Gasteiger partial charge in [-0.2, -0.15) is 0 Å². The highest BCUT2D eigenvalue weighted by Crippen LogP contribution is 2.14. The number of sulfonamides is 1. The van der Waals surface area contributed by atoms with Crippen molar-refractivity contribution >= 4 is 27.6 Å². The topological polar surface area (TPSA) is 72.5 Å². The van der Waals surface area contributed by atoms with Crippen LogP contribution in [-0.2, 0) is 26.2 Å². The largest absolute Gasteiger partial charge is 0.461 e. The molecule has 0 fully saturated rings. The minimum absolute atomic E-state index is 0.142. The van der Waals surface area contributed by atoms with Crippen molar-refractivity contribution in [2.45, 2.75) is 38.2 Å². The van der Waals surface area contributed by atoms with E-state index in [1.54, 1.807) is 42.5 Å². The van der Waals surface area contributed by atoms with E-state index in [-0.39, 0.29) is 30.4 Å². The van der Waals surface area contributed by atoms with Crippen LogP contribution in [0, 0.1) is 13.8 Å². The minimum atomic E-state index is -3.57. The first-order valence-corrected chi connectivity index (χ1v) is 10.1. The van der Waals surface area contributed by atoms with Crippen LogP contribution in [0.15, 0.2) is 47.4 Å². The molecule has 2 aromatic carbocycles. The highest BCUT2D eigenvalue weighted by atomic mass is 35.5. The number of nitrogens with one attached hydrogen (secondary N) is 1. The predicted octanol–water partition coefficient (Wildman–Crippen LogP) is 3.76. The van der Waals surface area contributed by atoms with Crippen molar-refractivity contribution in [2.75, 3.05) is 6.54 Å². The Hall–Kier alpha value is -1.89. The molecule has 0 atom stereocenters. The van der Waals surface area contributed by atoms with Gasteiger partial charge in [0, 0.05) is 18.0 Å². The summed E-state index contributed by atoms with van der Waals surface area (Å²) < 4.78 is 32.1. The molecule has 0 unspecified atom stereocenters. The molecule has 0 saturated heterocycles. The van der Waals surface area contributed by atoms with Crippen molar-refractivity contribution in [3.63, 3.8) is 0 Å². The summed E-state index contributed by atoms with van der Waals surface area (Å²) in [5.74, 6) is -0.370. The number of carbonyl (C=O) groups is 1. The molecule has 0 radical (unpaired) electrons. The van der Waals surface area contributed by atoms with Gasteiger partial charge in [-0.05, 0) is 61.2 Å². The summed E-state index contributed by atoms with van der Waals surface area (Å²) in [6.45, 7) is 4.13. The number of aryl methyl sites for hydroxylation is 2. The van der Waals surface area contributed by atoms with Gasteiger partial charge < -0.3 is 4.74 Å². The summed E-state index contributed by atoms with van der Waals surface area (Å²) in [5.41, 5.74) is 2.80. The Morgan fingerprint density at radius 3 is 2.42 bits per heavy atom. The van der Waals surface area contributed by atoms with E-state index < -0.39 is 10.0 Å². The SMILES string of the molecule is Cc1ccc(S(=O)(=O)NCCCC(=O)OCc2ccc(Cl)cc2)cc1C. The van der Waals surface area contributed by atoms with Crippen molar-refractivity contribution in [3.05, 3.63) is 64.2 Å². The maximum atomic E-state index is 12.2. The molecule has 0 spiro atoms. The Balaban J connectivity index is 1.74. The third kappa shape index (κ3) is 6.12. The van der Waals surface area contributed by atoms with Gasteiger partial charge >= 0.3 is 5.97 Å². The molecule has 0 aliphatic heterocycles. The molecule has 0 aromatic heterocycles. The average molecular weight is 396 g/mol. The Labute approximate surface area is 159 Å². The third-order valence-corrected chi connectivity index (χ3v) is 5.66. The molecule has 1 N–H and O–H groups in total. The van der Waals surface area contributed by atoms with Crippen molar-refractivity contribution in [3.8, 4) is 0 Å². The lowest BCUT2D eigenvalue weighted by Crippen LogP contribution is -2.25. The molecule has 0 heterocycles. The lowest BCUT2D eigenvalue weighted by atomic mass is 10.1. The van der Waals surface area contributed by atoms with Gasteiger partial charge in [-0.3, -0.25) is 4.79 Å². The molecular weight excluding hydrogens is 374 g/mol. The van der Waals surface area contributed by atoms with Crippen LogP contribution in [0.3, 0.4) is 0 Å². The summed E-state index contributed by atoms with van der Waals surface area (Å²) in [7, 11) is -3.57. The first kappa shape index (κ1) is 20.4. The Morgan fingerprint density at radius 2 is 1.77 bits per heavy atom. The van der Waals surface area contributed by atoms with Crippen LogP contribution >= 0.6 is 11.6 Å². The normalized spacial score (nSPS) is 11.3. The zero-order chi connectivity index (χ0) is 19.2. The van der Waals surface area contributed by atoms with Gasteiger partial charge in [-0.1, -0.05) is 29.8 Å². The van der Waals surface area contributed by atoms with Crippen LogP contribution in [0.4, 0.5) is 0 Å². The quantitative estimate of drug-likeness (QED) is 0.545. The van der Waals surface area contributed by atoms with Crippen LogP contribution in [-0.4, -0.2) is 20.9 Å². The second kappa shape index (κ2) is 9.16. The average Bonchev–Trinajstić information content (AvgIpc) is 2.60. The van der Waals surface area contributed by atoms with E-state index in [1.165, 1.54) is 0 Å². The van der Waals surface area contributed by atoms with E-state index in [4.69, 9.17) is 16.3 Å². The van der Waals surface area contributed by atoms with Crippen LogP contribution in [0.5, 0.6) is 0 Å². The molecule has 0 bridgehead atoms. The smallest absolute Gasteiger partial charge is 0.306 e. The van der Waals surface area contributed by atoms with E-state index in [2.05, 4.69) is 4.72 Å². The number of rotatable bonds is 8. The molecule has 2 rings (SSSR count). The maximum absolute atomic E-state index is 12.2. The van der Waals surface area contributed by atoms with Gasteiger partial charge in [0.25, 0.3) is 0 Å². The highest BCUT2D eigenvalue weighted by molar-refractivity contribution is 7.89. The molecule has 0 aliphatic carbocycles. The summed E-state index contributed by atoms with van der Waals surface area (Å²) in [5, 5.41) is 0.621. The Morgan fingerprint density at radius 1 is 1.08 bits per heavy atom. The molecule has 0 aliphatic rings. The summed E-state index contributed by atoms with van der Waals surface area (Å²) in [6, 6.07) is 12.0. The van der Waals surface area contributed by atoms with Gasteiger partial charge in [0.1, 0.15) is 6.61 Å². The zero-order valence-corrected chi connectivity index (χ0v) is 16.4. The molecule has 26 heavy (non-hydrogen) atoms. The number of hydrogen-bond acceptors (Lipinski definition) is 4. The van der Waals surface area contributed by atoms with Crippen molar-refractivity contribution < 1.29 is 17.9 Å². The summed E-state index contributed by atoms with van der Waals surface area (Å²) in [4.78, 5) is 12.0. The fraction of sp³-hybridized carbons (Fsp3) is 0.316. The van der Waals surface area contributed by atoms with Crippen LogP contribution < -0.4 is 4.72 Å². The second-order valence-corrected chi connectivity index (χ2v) is 8.24. The van der Waals surface area contributed by atoms with Gasteiger partial charge in [-0.25, -0.2) is 13.1 Å². The van der Waals surface area contributed by atoms with Crippen molar-refractivity contribution in [2.24, 2.45) is 0 Å². The molecule has 2 aromatic rings. The van der Waals surface area contributed by atoms with Crippen LogP contribution in [0.1, 0.15) is 29.5 Å². The van der Waals surface area contributed by atoms with E-state index in [1.807, 2.05) is 13.8 Å². The Bertz CT molecular complexity index is 864. The second-order valence-electron chi connectivity index (χ2n) is 6.03. The molecule has 5 nitrogen and oxygen atoms in total. The van der Waals surface area contributed by atoms with Gasteiger partial charge in [0.05, 0.1) is 4.90 Å². The van der Waals surface area contributed by atoms with Gasteiger partial charge in [0.2, 0.25) is 10.0 Å². The fourth-order valence-electron chi connectivity index (χ4n) is 2.22. The van der Waals surface area contributed by atoms with E-state index >= 15 is 0 Å². The van der Waals surface area contributed by atoms with Crippen LogP contribution in [0.2, 0.25) is 5.02 Å². The fourth-order valence-corrected chi connectivity index (χ4v) is 3.51. The predicted molar refractivity (Wildman–Crippen MR) is 102 cm³/mol. The van der Waals surface area contributed by atoms with E-state index in [9.17, 15) is 13.2 Å². The number of esters is 1. The summed E-state index contributed by atoms with van der Waals surface area (Å²) in [6.07, 6.45) is 0.507. The number of benzene rings is 2. The minimum Gasteiger partial charge on any atom is -0.461 e. The number of hydrogen-bond donors (Lipinski definition) is 1. The van der Waals surface area contributed by atoms with Crippen LogP contribution in [0.25, 0.3) is 0 Å². The van der Waals surface area contributed by atoms with Gasteiger partial charge in [0.15, 0.2) is 0 Å². The lowest BCUT2D eigenvalue weighted by molar-refractivity contribution is -0.145. The molecule has 7 heteroatoms. The van der Waals surface area contributed by atoms with Gasteiger partial charge in [-0.15, -0.1) is 0 Å². The number of halogens is 1. The highest BCUT2D eigenvalue weighted by Gasteiger charge is 2.14. The maximum Gasteiger partial charge on any atom is 0.306 e. The first-order chi connectivity index (χ1) is 12.3. The molecule has 0 saturated carbocycles. The summed E-state index contributed by atoms with van der Waals surface area (Å²) >= 11 is 5.79. The van der Waals surface area contributed by atoms with Crippen molar-refractivity contribution in [1.29, 1.82) is 0 Å². The molecule has 140 valence electrons. The zero-order valence-electron chi connectivity index (χ0n) is 14.8.